The van der Waals surface area contributed by atoms with Crippen molar-refractivity contribution < 1.29 is 4.79 Å². The molecule has 16 heavy (non-hydrogen) atoms. The number of carbonyl (C=O) groups excluding carboxylic acids is 1. The fourth-order valence-corrected chi connectivity index (χ4v) is 2.22. The van der Waals surface area contributed by atoms with Crippen molar-refractivity contribution in [3.63, 3.8) is 0 Å². The lowest BCUT2D eigenvalue weighted by atomic mass is 9.89. The first kappa shape index (κ1) is 11.1. The summed E-state index contributed by atoms with van der Waals surface area (Å²) in [6, 6.07) is 7.93. The minimum atomic E-state index is 0.658. The Morgan fingerprint density at radius 2 is 1.88 bits per heavy atom. The summed E-state index contributed by atoms with van der Waals surface area (Å²) in [7, 11) is 2.16. The summed E-state index contributed by atoms with van der Waals surface area (Å²) in [5, 5.41) is 0. The first-order chi connectivity index (χ1) is 7.79. The van der Waals surface area contributed by atoms with Crippen molar-refractivity contribution in [3.8, 4) is 0 Å². The lowest BCUT2D eigenvalue weighted by molar-refractivity contribution is 0.255. The third-order valence-electron chi connectivity index (χ3n) is 3.26. The quantitative estimate of drug-likeness (QED) is 0.562. The monoisotopic (exact) mass is 216 g/mol. The summed E-state index contributed by atoms with van der Waals surface area (Å²) in [5.41, 5.74) is 2.05. The van der Waals surface area contributed by atoms with Crippen LogP contribution in [0.2, 0.25) is 0 Å². The van der Waals surface area contributed by atoms with E-state index in [4.69, 9.17) is 0 Å². The van der Waals surface area contributed by atoms with Gasteiger partial charge >= 0.3 is 0 Å². The maximum Gasteiger partial charge on any atom is 0.240 e. The fourth-order valence-electron chi connectivity index (χ4n) is 2.22. The maximum atomic E-state index is 10.1. The smallest absolute Gasteiger partial charge is 0.240 e. The van der Waals surface area contributed by atoms with Gasteiger partial charge in [-0.3, -0.25) is 0 Å². The Bertz CT molecular complexity index is 385. The highest BCUT2D eigenvalue weighted by Gasteiger charge is 2.17. The molecule has 84 valence electrons. The lowest BCUT2D eigenvalue weighted by Gasteiger charge is -2.29. The zero-order valence-electron chi connectivity index (χ0n) is 9.52. The van der Waals surface area contributed by atoms with Crippen LogP contribution in [0.4, 0.5) is 5.69 Å². The molecule has 0 amide bonds. The standard InChI is InChI=1S/C13H16N2O/c1-15-8-6-12(7-9-15)11-2-4-13(5-3-11)14-10-16/h2-5,12H,6-9H2,1H3. The Morgan fingerprint density at radius 1 is 1.25 bits per heavy atom. The molecule has 1 aliphatic heterocycles. The van der Waals surface area contributed by atoms with Crippen LogP contribution in [0.15, 0.2) is 29.3 Å². The van der Waals surface area contributed by atoms with Crippen LogP contribution in [0, 0.1) is 0 Å². The second-order valence-electron chi connectivity index (χ2n) is 4.37. The molecule has 2 rings (SSSR count). The number of aliphatic imine (C=N–C) groups is 1. The SMILES string of the molecule is CN1CCC(c2ccc(N=C=O)cc2)CC1. The van der Waals surface area contributed by atoms with Crippen molar-refractivity contribution >= 4 is 11.8 Å². The molecule has 0 aromatic heterocycles. The van der Waals surface area contributed by atoms with Gasteiger partial charge in [-0.05, 0) is 56.6 Å². The Morgan fingerprint density at radius 3 is 2.44 bits per heavy atom. The van der Waals surface area contributed by atoms with Gasteiger partial charge in [0.2, 0.25) is 6.08 Å². The van der Waals surface area contributed by atoms with Crippen LogP contribution in [-0.4, -0.2) is 31.1 Å². The van der Waals surface area contributed by atoms with E-state index in [0.717, 1.165) is 0 Å². The zero-order valence-corrected chi connectivity index (χ0v) is 9.52. The highest BCUT2D eigenvalue weighted by molar-refractivity contribution is 5.49. The normalized spacial score (nSPS) is 18.1. The third kappa shape index (κ3) is 2.57. The van der Waals surface area contributed by atoms with E-state index >= 15 is 0 Å². The summed E-state index contributed by atoms with van der Waals surface area (Å²) < 4.78 is 0. The number of piperidine rings is 1. The molecule has 3 heteroatoms. The number of hydrogen-bond acceptors (Lipinski definition) is 3. The third-order valence-corrected chi connectivity index (χ3v) is 3.26. The molecule has 1 saturated heterocycles. The first-order valence-electron chi connectivity index (χ1n) is 5.66. The van der Waals surface area contributed by atoms with Gasteiger partial charge in [0, 0.05) is 0 Å². The largest absolute Gasteiger partial charge is 0.306 e. The van der Waals surface area contributed by atoms with Gasteiger partial charge in [0.25, 0.3) is 0 Å². The number of benzene rings is 1. The summed E-state index contributed by atoms with van der Waals surface area (Å²) in [4.78, 5) is 16.1. The average Bonchev–Trinajstić information content (AvgIpc) is 2.32. The van der Waals surface area contributed by atoms with Crippen molar-refractivity contribution in [2.24, 2.45) is 4.99 Å². The molecular weight excluding hydrogens is 200 g/mol. The minimum absolute atomic E-state index is 0.658. The van der Waals surface area contributed by atoms with Crippen LogP contribution in [-0.2, 0) is 4.79 Å². The summed E-state index contributed by atoms with van der Waals surface area (Å²) in [6.45, 7) is 2.33. The predicted octanol–water partition coefficient (Wildman–Crippen LogP) is 2.46. The Balaban J connectivity index is 2.07. The molecule has 0 N–H and O–H groups in total. The van der Waals surface area contributed by atoms with Gasteiger partial charge < -0.3 is 4.90 Å². The number of isocyanates is 1. The van der Waals surface area contributed by atoms with E-state index in [9.17, 15) is 4.79 Å². The molecule has 0 unspecified atom stereocenters. The minimum Gasteiger partial charge on any atom is -0.306 e. The topological polar surface area (TPSA) is 32.7 Å². The molecule has 1 aliphatic rings. The molecule has 0 saturated carbocycles. The van der Waals surface area contributed by atoms with Crippen molar-refractivity contribution in [3.05, 3.63) is 29.8 Å². The summed E-state index contributed by atoms with van der Waals surface area (Å²) in [5.74, 6) is 0.658. The van der Waals surface area contributed by atoms with Crippen molar-refractivity contribution in [2.75, 3.05) is 20.1 Å². The molecule has 1 aromatic carbocycles. The highest BCUT2D eigenvalue weighted by atomic mass is 16.1. The first-order valence-corrected chi connectivity index (χ1v) is 5.66. The molecule has 0 radical (unpaired) electrons. The molecule has 3 nitrogen and oxygen atoms in total. The summed E-state index contributed by atoms with van der Waals surface area (Å²) >= 11 is 0. The number of nitrogens with zero attached hydrogens (tertiary/aromatic N) is 2. The van der Waals surface area contributed by atoms with E-state index in [1.165, 1.54) is 31.5 Å². The number of hydrogen-bond donors (Lipinski definition) is 0. The molecule has 1 aromatic rings. The zero-order chi connectivity index (χ0) is 11.4. The van der Waals surface area contributed by atoms with Crippen LogP contribution < -0.4 is 0 Å². The highest BCUT2D eigenvalue weighted by Crippen LogP contribution is 2.28. The second kappa shape index (κ2) is 5.06. The van der Waals surface area contributed by atoms with E-state index in [1.807, 2.05) is 12.1 Å². The molecule has 1 heterocycles. The van der Waals surface area contributed by atoms with Crippen molar-refractivity contribution in [1.29, 1.82) is 0 Å². The summed E-state index contributed by atoms with van der Waals surface area (Å²) in [6.07, 6.45) is 3.99. The Labute approximate surface area is 95.8 Å². The van der Waals surface area contributed by atoms with Crippen LogP contribution >= 0.6 is 0 Å². The van der Waals surface area contributed by atoms with Gasteiger partial charge in [-0.15, -0.1) is 0 Å². The number of likely N-dealkylation sites (tertiary alicyclic amines) is 1. The van der Waals surface area contributed by atoms with Crippen LogP contribution in [0.25, 0.3) is 0 Å². The Kier molecular flexibility index (Phi) is 3.50. The van der Waals surface area contributed by atoms with E-state index in [1.54, 1.807) is 6.08 Å². The maximum absolute atomic E-state index is 10.1. The van der Waals surface area contributed by atoms with Crippen LogP contribution in [0.3, 0.4) is 0 Å². The van der Waals surface area contributed by atoms with Crippen molar-refractivity contribution in [1.82, 2.24) is 4.90 Å². The van der Waals surface area contributed by atoms with Gasteiger partial charge in [0.05, 0.1) is 5.69 Å². The Hall–Kier alpha value is -1.44. The van der Waals surface area contributed by atoms with Crippen LogP contribution in [0.5, 0.6) is 0 Å². The molecule has 0 spiro atoms. The van der Waals surface area contributed by atoms with Crippen molar-refractivity contribution in [2.45, 2.75) is 18.8 Å². The second-order valence-corrected chi connectivity index (χ2v) is 4.37. The molecule has 0 bridgehead atoms. The van der Waals surface area contributed by atoms with Crippen LogP contribution in [0.1, 0.15) is 24.3 Å². The molecule has 0 atom stereocenters. The van der Waals surface area contributed by atoms with E-state index in [2.05, 4.69) is 29.1 Å². The molecule has 0 aliphatic carbocycles. The van der Waals surface area contributed by atoms with Gasteiger partial charge in [0.15, 0.2) is 0 Å². The van der Waals surface area contributed by atoms with E-state index in [-0.39, 0.29) is 0 Å². The predicted molar refractivity (Wildman–Crippen MR) is 63.7 cm³/mol. The van der Waals surface area contributed by atoms with Gasteiger partial charge in [-0.2, -0.15) is 4.99 Å². The van der Waals surface area contributed by atoms with E-state index < -0.39 is 0 Å². The fraction of sp³-hybridized carbons (Fsp3) is 0.462. The lowest BCUT2D eigenvalue weighted by Crippen LogP contribution is -2.29. The average molecular weight is 216 g/mol. The molecular formula is C13H16N2O. The number of rotatable bonds is 2. The van der Waals surface area contributed by atoms with Gasteiger partial charge in [0.1, 0.15) is 0 Å². The van der Waals surface area contributed by atoms with Gasteiger partial charge in [-0.25, -0.2) is 4.79 Å². The molecule has 1 fully saturated rings. The van der Waals surface area contributed by atoms with E-state index in [0.29, 0.717) is 11.6 Å². The van der Waals surface area contributed by atoms with Gasteiger partial charge in [-0.1, -0.05) is 12.1 Å².